The number of hydrogen-bond acceptors (Lipinski definition) is 6. The van der Waals surface area contributed by atoms with E-state index >= 15 is 0 Å². The van der Waals surface area contributed by atoms with E-state index in [9.17, 15) is 19.3 Å². The van der Waals surface area contributed by atoms with E-state index in [4.69, 9.17) is 9.47 Å². The van der Waals surface area contributed by atoms with Gasteiger partial charge >= 0.3 is 0 Å². The fourth-order valence-electron chi connectivity index (χ4n) is 2.75. The van der Waals surface area contributed by atoms with Crippen molar-refractivity contribution in [1.29, 1.82) is 0 Å². The number of nitrogens with zero attached hydrogens (tertiary/aromatic N) is 3. The second-order valence-electron chi connectivity index (χ2n) is 5.76. The average Bonchev–Trinajstić information content (AvgIpc) is 2.94. The minimum Gasteiger partial charge on any atom is -0.353 e. The molecule has 0 radical (unpaired) electrons. The number of non-ortho nitro benzene ring substituents is 1. The van der Waals surface area contributed by atoms with Crippen LogP contribution in [-0.4, -0.2) is 48.6 Å². The molecule has 0 spiro atoms. The summed E-state index contributed by atoms with van der Waals surface area (Å²) in [5.41, 5.74) is -0.165. The molecule has 2 aliphatic rings. The fourth-order valence-corrected chi connectivity index (χ4v) is 2.75. The predicted molar refractivity (Wildman–Crippen MR) is 81.7 cm³/mol. The Morgan fingerprint density at radius 2 is 2.25 bits per heavy atom. The molecule has 0 N–H and O–H groups in total. The molecule has 0 saturated carbocycles. The summed E-state index contributed by atoms with van der Waals surface area (Å²) in [7, 11) is 0. The number of benzene rings is 1. The molecule has 9 heteroatoms. The highest BCUT2D eigenvalue weighted by Gasteiger charge is 2.30. The minimum atomic E-state index is -0.726. The molecule has 3 rings (SSSR count). The summed E-state index contributed by atoms with van der Waals surface area (Å²) in [5.74, 6) is -0.918. The Bertz CT molecular complexity index is 636. The first kappa shape index (κ1) is 16.6. The molecule has 0 aromatic heterocycles. The zero-order chi connectivity index (χ0) is 17.1. The van der Waals surface area contributed by atoms with Crippen molar-refractivity contribution >= 4 is 17.3 Å². The van der Waals surface area contributed by atoms with Crippen molar-refractivity contribution in [3.05, 3.63) is 34.1 Å². The monoisotopic (exact) mass is 339 g/mol. The zero-order valence-electron chi connectivity index (χ0n) is 13.0. The van der Waals surface area contributed by atoms with Crippen molar-refractivity contribution in [2.45, 2.75) is 25.6 Å². The highest BCUT2D eigenvalue weighted by Crippen LogP contribution is 2.26. The second kappa shape index (κ2) is 7.10. The fraction of sp³-hybridized carbons (Fsp3) is 0.533. The van der Waals surface area contributed by atoms with Gasteiger partial charge in [0.05, 0.1) is 29.9 Å². The Kier molecular flexibility index (Phi) is 4.91. The van der Waals surface area contributed by atoms with Crippen molar-refractivity contribution in [2.24, 2.45) is 0 Å². The molecular formula is C15H18FN3O5. The molecule has 1 amide bonds. The average molecular weight is 339 g/mol. The van der Waals surface area contributed by atoms with Crippen molar-refractivity contribution < 1.29 is 23.6 Å². The largest absolute Gasteiger partial charge is 0.353 e. The second-order valence-corrected chi connectivity index (χ2v) is 5.76. The van der Waals surface area contributed by atoms with Crippen LogP contribution in [0.1, 0.15) is 19.3 Å². The summed E-state index contributed by atoms with van der Waals surface area (Å²) in [6.07, 6.45) is 2.52. The predicted octanol–water partition coefficient (Wildman–Crippen LogP) is 1.84. The summed E-state index contributed by atoms with van der Waals surface area (Å²) in [6.45, 7) is 0.900. The molecule has 2 fully saturated rings. The van der Waals surface area contributed by atoms with Crippen molar-refractivity contribution in [1.82, 2.24) is 4.90 Å². The van der Waals surface area contributed by atoms with Gasteiger partial charge in [-0.15, -0.1) is 0 Å². The Labute approximate surface area is 137 Å². The maximum absolute atomic E-state index is 14.1. The number of nitro groups is 1. The van der Waals surface area contributed by atoms with E-state index in [1.807, 2.05) is 0 Å². The standard InChI is InChI=1S/C15H18FN3O5/c16-12-7-11(19(21)22)4-5-13(12)17-8-14(20)18(9-17)10-24-15-3-1-2-6-23-15/h4-5,7,15H,1-3,6,8-10H2. The van der Waals surface area contributed by atoms with Crippen molar-refractivity contribution in [2.75, 3.05) is 31.5 Å². The molecule has 24 heavy (non-hydrogen) atoms. The maximum Gasteiger partial charge on any atom is 0.272 e. The van der Waals surface area contributed by atoms with Crippen LogP contribution in [0.2, 0.25) is 0 Å². The van der Waals surface area contributed by atoms with E-state index in [1.54, 1.807) is 0 Å². The van der Waals surface area contributed by atoms with Crippen LogP contribution in [0.5, 0.6) is 0 Å². The van der Waals surface area contributed by atoms with Crippen LogP contribution >= 0.6 is 0 Å². The maximum atomic E-state index is 14.1. The molecule has 8 nitrogen and oxygen atoms in total. The van der Waals surface area contributed by atoms with E-state index in [0.717, 1.165) is 25.3 Å². The summed E-state index contributed by atoms with van der Waals surface area (Å²) in [6, 6.07) is 3.39. The topological polar surface area (TPSA) is 85.2 Å². The smallest absolute Gasteiger partial charge is 0.272 e. The van der Waals surface area contributed by atoms with E-state index in [1.165, 1.54) is 21.9 Å². The van der Waals surface area contributed by atoms with E-state index in [0.29, 0.717) is 6.61 Å². The van der Waals surface area contributed by atoms with Crippen LogP contribution in [0.3, 0.4) is 0 Å². The quantitative estimate of drug-likeness (QED) is 0.601. The van der Waals surface area contributed by atoms with Crippen LogP contribution in [0.25, 0.3) is 0 Å². The Morgan fingerprint density at radius 3 is 2.92 bits per heavy atom. The number of carbonyl (C=O) groups is 1. The van der Waals surface area contributed by atoms with Gasteiger partial charge in [0, 0.05) is 12.7 Å². The Hall–Kier alpha value is -2.26. The lowest BCUT2D eigenvalue weighted by Gasteiger charge is -2.25. The summed E-state index contributed by atoms with van der Waals surface area (Å²) in [5, 5.41) is 10.7. The van der Waals surface area contributed by atoms with Gasteiger partial charge in [-0.2, -0.15) is 0 Å². The minimum absolute atomic E-state index is 0.00359. The van der Waals surface area contributed by atoms with Gasteiger partial charge in [0.2, 0.25) is 5.91 Å². The van der Waals surface area contributed by atoms with E-state index in [2.05, 4.69) is 0 Å². The van der Waals surface area contributed by atoms with Gasteiger partial charge < -0.3 is 14.4 Å². The van der Waals surface area contributed by atoms with Crippen molar-refractivity contribution in [3.8, 4) is 0 Å². The normalized spacial score (nSPS) is 21.4. The molecule has 1 atom stereocenters. The molecule has 1 aromatic carbocycles. The summed E-state index contributed by atoms with van der Waals surface area (Å²) < 4.78 is 25.1. The first-order valence-corrected chi connectivity index (χ1v) is 7.74. The third-order valence-electron chi connectivity index (χ3n) is 4.06. The number of ether oxygens (including phenoxy) is 2. The van der Waals surface area contributed by atoms with Gasteiger partial charge in [0.1, 0.15) is 6.73 Å². The van der Waals surface area contributed by atoms with Gasteiger partial charge in [-0.25, -0.2) is 4.39 Å². The number of amides is 1. The zero-order valence-corrected chi connectivity index (χ0v) is 13.0. The summed E-state index contributed by atoms with van der Waals surface area (Å²) >= 11 is 0. The molecule has 1 aromatic rings. The number of nitro benzene ring substituents is 1. The van der Waals surface area contributed by atoms with Crippen LogP contribution in [-0.2, 0) is 14.3 Å². The number of hydrogen-bond donors (Lipinski definition) is 0. The highest BCUT2D eigenvalue weighted by atomic mass is 19.1. The van der Waals surface area contributed by atoms with Crippen molar-refractivity contribution in [3.63, 3.8) is 0 Å². The third-order valence-corrected chi connectivity index (χ3v) is 4.06. The molecule has 130 valence electrons. The lowest BCUT2D eigenvalue weighted by atomic mass is 10.2. The Balaban J connectivity index is 1.60. The number of halogens is 1. The van der Waals surface area contributed by atoms with Crippen LogP contribution in [0, 0.1) is 15.9 Å². The van der Waals surface area contributed by atoms with Crippen LogP contribution in [0.15, 0.2) is 18.2 Å². The number of anilines is 1. The van der Waals surface area contributed by atoms with Gasteiger partial charge in [-0.05, 0) is 25.3 Å². The number of carbonyl (C=O) groups excluding carboxylic acids is 1. The lowest BCUT2D eigenvalue weighted by Crippen LogP contribution is -2.34. The van der Waals surface area contributed by atoms with Crippen LogP contribution < -0.4 is 4.90 Å². The first-order chi connectivity index (χ1) is 11.5. The molecule has 0 aliphatic carbocycles. The van der Waals surface area contributed by atoms with Gasteiger partial charge in [-0.1, -0.05) is 0 Å². The van der Waals surface area contributed by atoms with E-state index in [-0.39, 0.29) is 43.5 Å². The molecule has 2 heterocycles. The SMILES string of the molecule is O=C1CN(c2ccc([N+](=O)[O-])cc2F)CN1COC1CCCCO1. The highest BCUT2D eigenvalue weighted by molar-refractivity contribution is 5.84. The van der Waals surface area contributed by atoms with Gasteiger partial charge in [0.15, 0.2) is 12.1 Å². The Morgan fingerprint density at radius 1 is 1.42 bits per heavy atom. The van der Waals surface area contributed by atoms with Gasteiger partial charge in [-0.3, -0.25) is 19.8 Å². The molecule has 2 aliphatic heterocycles. The first-order valence-electron chi connectivity index (χ1n) is 7.74. The summed E-state index contributed by atoms with van der Waals surface area (Å²) in [4.78, 5) is 25.0. The molecular weight excluding hydrogens is 321 g/mol. The number of rotatable bonds is 5. The third kappa shape index (κ3) is 3.62. The van der Waals surface area contributed by atoms with Gasteiger partial charge in [0.25, 0.3) is 5.69 Å². The molecule has 0 bridgehead atoms. The van der Waals surface area contributed by atoms with E-state index < -0.39 is 10.7 Å². The molecule has 2 saturated heterocycles. The van der Waals surface area contributed by atoms with Crippen LogP contribution in [0.4, 0.5) is 15.8 Å². The lowest BCUT2D eigenvalue weighted by molar-refractivity contribution is -0.385. The molecule has 1 unspecified atom stereocenters.